The molecule has 0 unspecified atom stereocenters. The number of nitrogens with zero attached hydrogens (tertiary/aromatic N) is 1. The molecule has 1 aliphatic heterocycles. The number of likely N-dealkylation sites (tertiary alicyclic amines) is 1. The van der Waals surface area contributed by atoms with Crippen LogP contribution in [0, 0.1) is 0 Å². The lowest BCUT2D eigenvalue weighted by Gasteiger charge is -2.25. The number of aliphatic hydroxyl groups excluding tert-OH is 1. The first kappa shape index (κ1) is 26.8. The Morgan fingerprint density at radius 2 is 1.32 bits per heavy atom. The number of carbonyl (C=O) groups excluding carboxylic acids is 2. The van der Waals surface area contributed by atoms with Crippen LogP contribution in [0.2, 0.25) is 0 Å². The van der Waals surface area contributed by atoms with Crippen LogP contribution in [0.3, 0.4) is 0 Å². The van der Waals surface area contributed by atoms with E-state index in [1.54, 1.807) is 29.2 Å². The minimum atomic E-state index is -0.738. The molecule has 1 aliphatic rings. The third-order valence-electron chi connectivity index (χ3n) is 6.91. The number of benzene rings is 4. The van der Waals surface area contributed by atoms with E-state index in [4.69, 9.17) is 9.47 Å². The van der Waals surface area contributed by atoms with Gasteiger partial charge in [0.15, 0.2) is 0 Å². The maximum atomic E-state index is 13.4. The average molecular weight is 534 g/mol. The van der Waals surface area contributed by atoms with Gasteiger partial charge >= 0.3 is 0 Å². The fourth-order valence-electron chi connectivity index (χ4n) is 4.87. The molecule has 0 spiro atoms. The highest BCUT2D eigenvalue weighted by atomic mass is 16.5. The maximum absolute atomic E-state index is 13.4. The lowest BCUT2D eigenvalue weighted by molar-refractivity contribution is -0.139. The van der Waals surface area contributed by atoms with Crippen molar-refractivity contribution in [2.75, 3.05) is 13.2 Å². The summed E-state index contributed by atoms with van der Waals surface area (Å²) in [7, 11) is 0. The van der Waals surface area contributed by atoms with E-state index in [0.29, 0.717) is 48.8 Å². The quantitative estimate of drug-likeness (QED) is 0.147. The van der Waals surface area contributed by atoms with Gasteiger partial charge < -0.3 is 19.5 Å². The molecule has 6 heteroatoms. The summed E-state index contributed by atoms with van der Waals surface area (Å²) in [6, 6.07) is 33.1. The Labute approximate surface area is 234 Å². The van der Waals surface area contributed by atoms with Crippen molar-refractivity contribution in [2.45, 2.75) is 26.0 Å². The molecule has 4 aromatic rings. The molecular formula is C34H31NO5. The van der Waals surface area contributed by atoms with Crippen LogP contribution in [0.5, 0.6) is 11.5 Å². The van der Waals surface area contributed by atoms with Crippen molar-refractivity contribution in [1.82, 2.24) is 4.90 Å². The second kappa shape index (κ2) is 12.3. The third-order valence-corrected chi connectivity index (χ3v) is 6.91. The molecule has 0 bridgehead atoms. The summed E-state index contributed by atoms with van der Waals surface area (Å²) in [4.78, 5) is 28.2. The molecule has 1 fully saturated rings. The lowest BCUT2D eigenvalue weighted by atomic mass is 9.95. The van der Waals surface area contributed by atoms with Crippen molar-refractivity contribution in [3.8, 4) is 11.5 Å². The monoisotopic (exact) mass is 533 g/mol. The molecular weight excluding hydrogens is 502 g/mol. The molecule has 1 atom stereocenters. The first-order valence-corrected chi connectivity index (χ1v) is 13.4. The average Bonchev–Trinajstić information content (AvgIpc) is 3.25. The normalized spacial score (nSPS) is 16.2. The molecule has 1 N–H and O–H groups in total. The minimum Gasteiger partial charge on any atom is -0.507 e. The standard InChI is InChI=1S/C34H31NO5/c1-2-39-28-19-15-27(16-20-28)32(36)30-31(35(34(38)33(30)37)22-21-24-9-5-3-6-10-24)26-13-17-29(18-14-26)40-23-25-11-7-4-8-12-25/h3-20,31,36H,2,21-23H2,1H3/t31-/m1/s1. The van der Waals surface area contributed by atoms with Gasteiger partial charge in [0.1, 0.15) is 23.9 Å². The van der Waals surface area contributed by atoms with Crippen molar-refractivity contribution < 1.29 is 24.2 Å². The van der Waals surface area contributed by atoms with Gasteiger partial charge in [-0.05, 0) is 66.4 Å². The van der Waals surface area contributed by atoms with Crippen LogP contribution >= 0.6 is 0 Å². The SMILES string of the molecule is CCOc1ccc(C(O)=C2C(=O)C(=O)N(CCc3ccccc3)[C@@H]2c2ccc(OCc3ccccc3)cc2)cc1. The Morgan fingerprint density at radius 3 is 1.95 bits per heavy atom. The van der Waals surface area contributed by atoms with E-state index in [-0.39, 0.29) is 11.3 Å². The minimum absolute atomic E-state index is 0.0696. The second-order valence-electron chi connectivity index (χ2n) is 9.53. The van der Waals surface area contributed by atoms with Crippen LogP contribution < -0.4 is 9.47 Å². The number of carbonyl (C=O) groups is 2. The van der Waals surface area contributed by atoms with Gasteiger partial charge in [0, 0.05) is 12.1 Å². The van der Waals surface area contributed by atoms with Crippen LogP contribution in [0.1, 0.15) is 35.2 Å². The first-order chi connectivity index (χ1) is 19.5. The predicted octanol–water partition coefficient (Wildman–Crippen LogP) is 6.33. The van der Waals surface area contributed by atoms with E-state index in [1.165, 1.54) is 0 Å². The van der Waals surface area contributed by atoms with Gasteiger partial charge in [0.25, 0.3) is 11.7 Å². The Morgan fingerprint density at radius 1 is 0.750 bits per heavy atom. The summed E-state index contributed by atoms with van der Waals surface area (Å²) in [5, 5.41) is 11.3. The molecule has 4 aromatic carbocycles. The summed E-state index contributed by atoms with van der Waals surface area (Å²) in [5.74, 6) is -0.213. The van der Waals surface area contributed by atoms with Gasteiger partial charge in [-0.2, -0.15) is 0 Å². The topological polar surface area (TPSA) is 76.1 Å². The molecule has 0 radical (unpaired) electrons. The highest BCUT2D eigenvalue weighted by Gasteiger charge is 2.45. The first-order valence-electron chi connectivity index (χ1n) is 13.4. The van der Waals surface area contributed by atoms with Crippen LogP contribution in [-0.2, 0) is 22.6 Å². The fraction of sp³-hybridized carbons (Fsp3) is 0.176. The Hall–Kier alpha value is -4.84. The number of aliphatic hydroxyl groups is 1. The van der Waals surface area contributed by atoms with Crippen molar-refractivity contribution in [3.63, 3.8) is 0 Å². The molecule has 1 saturated heterocycles. The summed E-state index contributed by atoms with van der Waals surface area (Å²) in [5.41, 5.74) is 3.33. The highest BCUT2D eigenvalue weighted by molar-refractivity contribution is 6.46. The molecule has 0 aromatic heterocycles. The van der Waals surface area contributed by atoms with E-state index in [1.807, 2.05) is 91.9 Å². The summed E-state index contributed by atoms with van der Waals surface area (Å²) in [6.45, 7) is 3.16. The van der Waals surface area contributed by atoms with Crippen molar-refractivity contribution in [1.29, 1.82) is 0 Å². The lowest BCUT2D eigenvalue weighted by Crippen LogP contribution is -2.31. The van der Waals surface area contributed by atoms with E-state index in [9.17, 15) is 14.7 Å². The molecule has 0 saturated carbocycles. The van der Waals surface area contributed by atoms with Gasteiger partial charge in [0.05, 0.1) is 18.2 Å². The van der Waals surface area contributed by atoms with E-state index < -0.39 is 17.7 Å². The van der Waals surface area contributed by atoms with Gasteiger partial charge in [-0.15, -0.1) is 0 Å². The van der Waals surface area contributed by atoms with Gasteiger partial charge in [-0.1, -0.05) is 72.8 Å². The molecule has 1 heterocycles. The van der Waals surface area contributed by atoms with Crippen LogP contribution in [-0.4, -0.2) is 34.8 Å². The highest BCUT2D eigenvalue weighted by Crippen LogP contribution is 2.40. The molecule has 40 heavy (non-hydrogen) atoms. The Kier molecular flexibility index (Phi) is 8.26. The summed E-state index contributed by atoms with van der Waals surface area (Å²) >= 11 is 0. The molecule has 202 valence electrons. The van der Waals surface area contributed by atoms with Crippen molar-refractivity contribution in [2.24, 2.45) is 0 Å². The van der Waals surface area contributed by atoms with Crippen molar-refractivity contribution >= 4 is 17.4 Å². The Balaban J connectivity index is 1.47. The van der Waals surface area contributed by atoms with Crippen LogP contribution in [0.25, 0.3) is 5.76 Å². The number of amides is 1. The molecule has 6 nitrogen and oxygen atoms in total. The number of Topliss-reactive ketones (excluding diaryl/α,β-unsaturated/α-hetero) is 1. The molecule has 5 rings (SSSR count). The number of ketones is 1. The number of hydrogen-bond donors (Lipinski definition) is 1. The van der Waals surface area contributed by atoms with E-state index in [0.717, 1.165) is 11.1 Å². The van der Waals surface area contributed by atoms with Gasteiger partial charge in [-0.25, -0.2) is 0 Å². The molecule has 1 amide bonds. The number of hydrogen-bond acceptors (Lipinski definition) is 5. The largest absolute Gasteiger partial charge is 0.507 e. The Bertz CT molecular complexity index is 1480. The smallest absolute Gasteiger partial charge is 0.295 e. The summed E-state index contributed by atoms with van der Waals surface area (Å²) in [6.07, 6.45) is 0.575. The van der Waals surface area contributed by atoms with Crippen LogP contribution in [0.4, 0.5) is 0 Å². The van der Waals surface area contributed by atoms with Crippen LogP contribution in [0.15, 0.2) is 115 Å². The van der Waals surface area contributed by atoms with E-state index in [2.05, 4.69) is 0 Å². The maximum Gasteiger partial charge on any atom is 0.295 e. The number of rotatable bonds is 10. The number of ether oxygens (including phenoxy) is 2. The zero-order valence-corrected chi connectivity index (χ0v) is 22.3. The van der Waals surface area contributed by atoms with Gasteiger partial charge in [-0.3, -0.25) is 9.59 Å². The fourth-order valence-corrected chi connectivity index (χ4v) is 4.87. The van der Waals surface area contributed by atoms with Crippen molar-refractivity contribution in [3.05, 3.63) is 137 Å². The third kappa shape index (κ3) is 5.91. The van der Waals surface area contributed by atoms with Gasteiger partial charge in [0.2, 0.25) is 0 Å². The second-order valence-corrected chi connectivity index (χ2v) is 9.53. The zero-order valence-electron chi connectivity index (χ0n) is 22.3. The van der Waals surface area contributed by atoms with E-state index >= 15 is 0 Å². The predicted molar refractivity (Wildman–Crippen MR) is 154 cm³/mol. The zero-order chi connectivity index (χ0) is 27.9. The summed E-state index contributed by atoms with van der Waals surface area (Å²) < 4.78 is 11.4. The molecule has 0 aliphatic carbocycles.